The molecule has 0 saturated carbocycles. The molecule has 0 aliphatic heterocycles. The lowest BCUT2D eigenvalue weighted by atomic mass is 10.0. The first-order valence-electron chi connectivity index (χ1n) is 9.32. The zero-order valence-corrected chi connectivity index (χ0v) is 16.5. The summed E-state index contributed by atoms with van der Waals surface area (Å²) >= 11 is 0. The molecule has 2 rings (SSSR count). The topological polar surface area (TPSA) is 88.9 Å². The third-order valence-corrected chi connectivity index (χ3v) is 4.13. The van der Waals surface area contributed by atoms with Crippen LogP contribution in [0.1, 0.15) is 45.2 Å². The molecule has 0 bridgehead atoms. The molecule has 0 aliphatic carbocycles. The Morgan fingerprint density at radius 2 is 1.89 bits per heavy atom. The molecule has 7 heteroatoms. The molecular weight excluding hydrogens is 342 g/mol. The van der Waals surface area contributed by atoms with Crippen molar-refractivity contribution >= 4 is 11.8 Å². The van der Waals surface area contributed by atoms with Crippen LogP contribution in [0.25, 0.3) is 0 Å². The number of nitrogens with zero attached hydrogens (tertiary/aromatic N) is 3. The molecule has 1 aromatic heterocycles. The zero-order valence-electron chi connectivity index (χ0n) is 16.5. The Bertz CT molecular complexity index is 741. The number of carbonyl (C=O) groups is 2. The van der Waals surface area contributed by atoms with E-state index in [1.54, 1.807) is 11.0 Å². The fraction of sp³-hybridized carbons (Fsp3) is 0.500. The lowest BCUT2D eigenvalue weighted by Crippen LogP contribution is -2.49. The highest BCUT2D eigenvalue weighted by atomic mass is 16.2. The average molecular weight is 371 g/mol. The molecule has 2 amide bonds. The van der Waals surface area contributed by atoms with E-state index in [2.05, 4.69) is 20.7 Å². The zero-order chi connectivity index (χ0) is 19.8. The molecule has 2 N–H and O–H groups in total. The molecule has 0 radical (unpaired) electrons. The largest absolute Gasteiger partial charge is 0.350 e. The smallest absolute Gasteiger partial charge is 0.243 e. The fourth-order valence-electron chi connectivity index (χ4n) is 2.78. The van der Waals surface area contributed by atoms with Crippen molar-refractivity contribution in [3.63, 3.8) is 0 Å². The van der Waals surface area contributed by atoms with Crippen molar-refractivity contribution in [2.45, 2.75) is 53.2 Å². The van der Waals surface area contributed by atoms with Crippen LogP contribution in [0.15, 0.2) is 36.9 Å². The second-order valence-corrected chi connectivity index (χ2v) is 7.52. The molecule has 1 unspecified atom stereocenters. The van der Waals surface area contributed by atoms with E-state index in [9.17, 15) is 9.59 Å². The highest BCUT2D eigenvalue weighted by Crippen LogP contribution is 2.08. The van der Waals surface area contributed by atoms with E-state index in [4.69, 9.17) is 0 Å². The molecule has 1 aromatic carbocycles. The van der Waals surface area contributed by atoms with Gasteiger partial charge in [-0.15, -0.1) is 0 Å². The van der Waals surface area contributed by atoms with E-state index >= 15 is 0 Å². The first kappa shape index (κ1) is 20.6. The lowest BCUT2D eigenvalue weighted by molar-refractivity contribution is -0.130. The standard InChI is InChI=1S/C20H29N5O2/c1-14(2)8-18(26)24-19(15(3)4)20(27)22-10-16-6-5-7-17(9-16)11-25-13-21-12-23-25/h5-7,9,12-15,19H,8,10-11H2,1-4H3,(H,22,27)(H,24,26). The molecule has 0 spiro atoms. The molecule has 0 saturated heterocycles. The minimum Gasteiger partial charge on any atom is -0.350 e. The van der Waals surface area contributed by atoms with E-state index in [1.165, 1.54) is 6.33 Å². The molecule has 0 aliphatic rings. The van der Waals surface area contributed by atoms with Crippen molar-refractivity contribution in [1.82, 2.24) is 25.4 Å². The van der Waals surface area contributed by atoms with Gasteiger partial charge in [0, 0.05) is 13.0 Å². The number of aromatic nitrogens is 3. The van der Waals surface area contributed by atoms with Crippen LogP contribution in [0.3, 0.4) is 0 Å². The predicted octanol–water partition coefficient (Wildman–Crippen LogP) is 2.13. The Kier molecular flexibility index (Phi) is 7.52. The normalized spacial score (nSPS) is 12.2. The number of rotatable bonds is 9. The molecule has 1 atom stereocenters. The minimum atomic E-state index is -0.533. The molecule has 2 aromatic rings. The van der Waals surface area contributed by atoms with Gasteiger partial charge in [-0.1, -0.05) is 52.0 Å². The minimum absolute atomic E-state index is 0.0137. The van der Waals surface area contributed by atoms with E-state index in [1.807, 2.05) is 52.0 Å². The Morgan fingerprint density at radius 1 is 1.15 bits per heavy atom. The highest BCUT2D eigenvalue weighted by Gasteiger charge is 2.24. The third-order valence-electron chi connectivity index (χ3n) is 4.13. The number of carbonyl (C=O) groups excluding carboxylic acids is 2. The second-order valence-electron chi connectivity index (χ2n) is 7.52. The molecule has 0 fully saturated rings. The Labute approximate surface area is 160 Å². The summed E-state index contributed by atoms with van der Waals surface area (Å²) in [6, 6.07) is 7.43. The average Bonchev–Trinajstić information content (AvgIpc) is 3.10. The van der Waals surface area contributed by atoms with Gasteiger partial charge in [0.05, 0.1) is 6.54 Å². The van der Waals surface area contributed by atoms with Crippen molar-refractivity contribution in [2.75, 3.05) is 0 Å². The summed E-state index contributed by atoms with van der Waals surface area (Å²) in [7, 11) is 0. The van der Waals surface area contributed by atoms with Gasteiger partial charge >= 0.3 is 0 Å². The Balaban J connectivity index is 1.93. The maximum atomic E-state index is 12.6. The Hall–Kier alpha value is -2.70. The van der Waals surface area contributed by atoms with Gasteiger partial charge in [0.2, 0.25) is 11.8 Å². The van der Waals surface area contributed by atoms with Crippen molar-refractivity contribution in [3.8, 4) is 0 Å². The van der Waals surface area contributed by atoms with Crippen LogP contribution in [0, 0.1) is 11.8 Å². The summed E-state index contributed by atoms with van der Waals surface area (Å²) in [6.45, 7) is 8.86. The first-order valence-corrected chi connectivity index (χ1v) is 9.32. The van der Waals surface area contributed by atoms with Gasteiger partial charge in [0.15, 0.2) is 0 Å². The maximum Gasteiger partial charge on any atom is 0.243 e. The monoisotopic (exact) mass is 371 g/mol. The second kappa shape index (κ2) is 9.85. The number of nitrogens with one attached hydrogen (secondary N) is 2. The van der Waals surface area contributed by atoms with Gasteiger partial charge in [-0.05, 0) is 23.0 Å². The van der Waals surface area contributed by atoms with Crippen LogP contribution in [0.4, 0.5) is 0 Å². The highest BCUT2D eigenvalue weighted by molar-refractivity contribution is 5.87. The summed E-state index contributed by atoms with van der Waals surface area (Å²) in [4.78, 5) is 28.5. The van der Waals surface area contributed by atoms with Crippen LogP contribution in [-0.4, -0.2) is 32.6 Å². The van der Waals surface area contributed by atoms with Gasteiger partial charge in [-0.3, -0.25) is 9.59 Å². The van der Waals surface area contributed by atoms with Crippen molar-refractivity contribution in [1.29, 1.82) is 0 Å². The van der Waals surface area contributed by atoms with Crippen molar-refractivity contribution in [2.24, 2.45) is 11.8 Å². The maximum absolute atomic E-state index is 12.6. The number of hydrogen-bond donors (Lipinski definition) is 2. The fourth-order valence-corrected chi connectivity index (χ4v) is 2.78. The molecular formula is C20H29N5O2. The molecule has 1 heterocycles. The van der Waals surface area contributed by atoms with Gasteiger partial charge in [-0.25, -0.2) is 9.67 Å². The van der Waals surface area contributed by atoms with E-state index in [-0.39, 0.29) is 23.7 Å². The molecule has 7 nitrogen and oxygen atoms in total. The van der Waals surface area contributed by atoms with Crippen LogP contribution >= 0.6 is 0 Å². The summed E-state index contributed by atoms with van der Waals surface area (Å²) in [5.74, 6) is 0.0193. The molecule has 146 valence electrons. The number of benzene rings is 1. The molecule has 27 heavy (non-hydrogen) atoms. The summed E-state index contributed by atoms with van der Waals surface area (Å²) in [6.07, 6.45) is 3.59. The van der Waals surface area contributed by atoms with Gasteiger partial charge in [0.25, 0.3) is 0 Å². The van der Waals surface area contributed by atoms with Crippen LogP contribution in [0.2, 0.25) is 0 Å². The van der Waals surface area contributed by atoms with Gasteiger partial charge < -0.3 is 10.6 Å². The number of hydrogen-bond acceptors (Lipinski definition) is 4. The lowest BCUT2D eigenvalue weighted by Gasteiger charge is -2.22. The van der Waals surface area contributed by atoms with Crippen LogP contribution < -0.4 is 10.6 Å². The first-order chi connectivity index (χ1) is 12.8. The predicted molar refractivity (Wildman–Crippen MR) is 104 cm³/mol. The van der Waals surface area contributed by atoms with Gasteiger partial charge in [-0.2, -0.15) is 5.10 Å². The van der Waals surface area contributed by atoms with Crippen molar-refractivity contribution in [3.05, 3.63) is 48.0 Å². The summed E-state index contributed by atoms with van der Waals surface area (Å²) in [5.41, 5.74) is 2.08. The SMILES string of the molecule is CC(C)CC(=O)NC(C(=O)NCc1cccc(Cn2cncn2)c1)C(C)C. The van der Waals surface area contributed by atoms with E-state index < -0.39 is 6.04 Å². The number of amides is 2. The third kappa shape index (κ3) is 6.84. The van der Waals surface area contributed by atoms with E-state index in [0.717, 1.165) is 11.1 Å². The van der Waals surface area contributed by atoms with Crippen LogP contribution in [-0.2, 0) is 22.7 Å². The summed E-state index contributed by atoms with van der Waals surface area (Å²) in [5, 5.41) is 9.89. The quantitative estimate of drug-likeness (QED) is 0.707. The van der Waals surface area contributed by atoms with E-state index in [0.29, 0.717) is 19.5 Å². The summed E-state index contributed by atoms with van der Waals surface area (Å²) < 4.78 is 1.75. The Morgan fingerprint density at radius 3 is 2.52 bits per heavy atom. The van der Waals surface area contributed by atoms with Crippen molar-refractivity contribution < 1.29 is 9.59 Å². The van der Waals surface area contributed by atoms with Crippen LogP contribution in [0.5, 0.6) is 0 Å². The van der Waals surface area contributed by atoms with Gasteiger partial charge in [0.1, 0.15) is 18.7 Å².